The monoisotopic (exact) mass is 384 g/mol. The number of ether oxygens (including phenoxy) is 1. The average molecular weight is 386 g/mol. The van der Waals surface area contributed by atoms with E-state index in [0.29, 0.717) is 19.4 Å². The lowest BCUT2D eigenvalue weighted by Gasteiger charge is -2.16. The number of hydrogen-bond donors (Lipinski definition) is 2. The van der Waals surface area contributed by atoms with Crippen molar-refractivity contribution in [1.82, 2.24) is 0 Å². The van der Waals surface area contributed by atoms with Crippen molar-refractivity contribution >= 4 is 39.1 Å². The summed E-state index contributed by atoms with van der Waals surface area (Å²) in [5.41, 5.74) is 5.49. The van der Waals surface area contributed by atoms with Crippen LogP contribution >= 0.6 is 27.5 Å². The molecule has 0 heterocycles. The Balaban J connectivity index is 2.93. The van der Waals surface area contributed by atoms with E-state index < -0.39 is 6.61 Å². The van der Waals surface area contributed by atoms with Gasteiger partial charge < -0.3 is 15.8 Å². The minimum absolute atomic E-state index is 0.0965. The molecule has 1 atom stereocenters. The molecule has 0 aliphatic heterocycles. The van der Waals surface area contributed by atoms with Crippen molar-refractivity contribution in [3.05, 3.63) is 21.6 Å². The molecule has 0 radical (unpaired) electrons. The van der Waals surface area contributed by atoms with Crippen LogP contribution in [0.25, 0.3) is 0 Å². The number of alkyl halides is 2. The topological polar surface area (TPSA) is 64.4 Å². The number of nitrogens with one attached hydrogen (secondary N) is 1. The molecule has 0 spiro atoms. The summed E-state index contributed by atoms with van der Waals surface area (Å²) in [5.74, 6) is -0.767. The highest BCUT2D eigenvalue weighted by molar-refractivity contribution is 9.10. The fraction of sp³-hybridized carbons (Fsp3) is 0.462. The van der Waals surface area contributed by atoms with Gasteiger partial charge in [-0.1, -0.05) is 18.5 Å². The number of rotatable bonds is 7. The summed E-state index contributed by atoms with van der Waals surface area (Å²) >= 11 is 8.95. The van der Waals surface area contributed by atoms with Gasteiger partial charge in [0.25, 0.3) is 0 Å². The summed E-state index contributed by atoms with van der Waals surface area (Å²) in [4.78, 5) is 12.0. The van der Waals surface area contributed by atoms with Gasteiger partial charge in [0.05, 0.1) is 10.2 Å². The summed E-state index contributed by atoms with van der Waals surface area (Å²) < 4.78 is 29.5. The van der Waals surface area contributed by atoms with Gasteiger partial charge in [-0.15, -0.1) is 0 Å². The Labute approximate surface area is 135 Å². The molecule has 0 aliphatic carbocycles. The van der Waals surface area contributed by atoms with E-state index in [2.05, 4.69) is 26.0 Å². The Bertz CT molecular complexity index is 503. The zero-order chi connectivity index (χ0) is 16.0. The van der Waals surface area contributed by atoms with E-state index in [1.54, 1.807) is 6.92 Å². The standard InChI is InChI=1S/C13H16BrClF2N2O2/c1-7(3-2-4-18)12(20)19-10-6-8(15)5-9(14)11(10)21-13(16)17/h5-7,13H,2-4,18H2,1H3,(H,19,20). The van der Waals surface area contributed by atoms with Crippen molar-refractivity contribution in [3.8, 4) is 5.75 Å². The quantitative estimate of drug-likeness (QED) is 0.745. The highest BCUT2D eigenvalue weighted by atomic mass is 79.9. The molecule has 1 unspecified atom stereocenters. The van der Waals surface area contributed by atoms with Crippen molar-refractivity contribution in [1.29, 1.82) is 0 Å². The first-order valence-electron chi connectivity index (χ1n) is 6.30. The van der Waals surface area contributed by atoms with Crippen molar-refractivity contribution in [2.45, 2.75) is 26.4 Å². The predicted octanol–water partition coefficient (Wildman–Crippen LogP) is 4.02. The largest absolute Gasteiger partial charge is 0.431 e. The van der Waals surface area contributed by atoms with Crippen LogP contribution in [0.3, 0.4) is 0 Å². The normalized spacial score (nSPS) is 12.3. The van der Waals surface area contributed by atoms with Gasteiger partial charge >= 0.3 is 6.61 Å². The lowest BCUT2D eigenvalue weighted by atomic mass is 10.0. The number of anilines is 1. The van der Waals surface area contributed by atoms with Gasteiger partial charge in [0.1, 0.15) is 0 Å². The number of halogens is 4. The Morgan fingerprint density at radius 2 is 2.19 bits per heavy atom. The fourth-order valence-electron chi connectivity index (χ4n) is 1.67. The highest BCUT2D eigenvalue weighted by Crippen LogP contribution is 2.37. The molecule has 21 heavy (non-hydrogen) atoms. The zero-order valence-corrected chi connectivity index (χ0v) is 13.7. The second-order valence-electron chi connectivity index (χ2n) is 4.46. The van der Waals surface area contributed by atoms with Crippen LogP contribution in [0.1, 0.15) is 19.8 Å². The molecule has 0 aromatic heterocycles. The lowest BCUT2D eigenvalue weighted by molar-refractivity contribution is -0.119. The molecule has 4 nitrogen and oxygen atoms in total. The molecule has 1 rings (SSSR count). The third-order valence-electron chi connectivity index (χ3n) is 2.76. The number of benzene rings is 1. The molecule has 1 aromatic carbocycles. The van der Waals surface area contributed by atoms with E-state index in [0.717, 1.165) is 0 Å². The Kier molecular flexibility index (Phi) is 7.34. The molecule has 0 saturated heterocycles. The summed E-state index contributed by atoms with van der Waals surface area (Å²) in [6.07, 6.45) is 1.31. The lowest BCUT2D eigenvalue weighted by Crippen LogP contribution is -2.22. The molecule has 1 amide bonds. The van der Waals surface area contributed by atoms with E-state index in [4.69, 9.17) is 17.3 Å². The van der Waals surface area contributed by atoms with Gasteiger partial charge in [0.2, 0.25) is 5.91 Å². The Morgan fingerprint density at radius 3 is 2.76 bits per heavy atom. The summed E-state index contributed by atoms with van der Waals surface area (Å²) in [6.45, 7) is -0.786. The number of amides is 1. The molecule has 1 aromatic rings. The van der Waals surface area contributed by atoms with Gasteiger partial charge in [-0.25, -0.2) is 0 Å². The van der Waals surface area contributed by atoms with Crippen LogP contribution in [0.15, 0.2) is 16.6 Å². The van der Waals surface area contributed by atoms with E-state index in [-0.39, 0.29) is 32.8 Å². The minimum Gasteiger partial charge on any atom is -0.431 e. The maximum absolute atomic E-state index is 12.4. The number of carbonyl (C=O) groups excluding carboxylic acids is 1. The first-order valence-corrected chi connectivity index (χ1v) is 7.47. The second kappa shape index (κ2) is 8.51. The second-order valence-corrected chi connectivity index (χ2v) is 5.75. The van der Waals surface area contributed by atoms with Crippen LogP contribution in [-0.2, 0) is 4.79 Å². The maximum atomic E-state index is 12.4. The van der Waals surface area contributed by atoms with Crippen LogP contribution in [0.2, 0.25) is 5.02 Å². The SMILES string of the molecule is CC(CCCN)C(=O)Nc1cc(Cl)cc(Br)c1OC(F)F. The number of nitrogens with two attached hydrogens (primary N) is 1. The number of carbonyl (C=O) groups is 1. The molecule has 118 valence electrons. The molecular weight excluding hydrogens is 370 g/mol. The molecular formula is C13H16BrClF2N2O2. The smallest absolute Gasteiger partial charge is 0.387 e. The third-order valence-corrected chi connectivity index (χ3v) is 3.57. The number of hydrogen-bond acceptors (Lipinski definition) is 3. The van der Waals surface area contributed by atoms with Crippen LogP contribution in [0, 0.1) is 5.92 Å². The Hall–Kier alpha value is -0.920. The van der Waals surface area contributed by atoms with Crippen molar-refractivity contribution < 1.29 is 18.3 Å². The molecule has 0 fully saturated rings. The summed E-state index contributed by atoms with van der Waals surface area (Å²) in [5, 5.41) is 2.84. The molecule has 8 heteroatoms. The van der Waals surface area contributed by atoms with Gasteiger partial charge in [-0.2, -0.15) is 8.78 Å². The van der Waals surface area contributed by atoms with Gasteiger partial charge in [0.15, 0.2) is 5.75 Å². The third kappa shape index (κ3) is 5.76. The first-order chi connectivity index (χ1) is 9.85. The first kappa shape index (κ1) is 18.1. The molecule has 0 aliphatic rings. The predicted molar refractivity (Wildman–Crippen MR) is 81.9 cm³/mol. The van der Waals surface area contributed by atoms with E-state index in [9.17, 15) is 13.6 Å². The minimum atomic E-state index is -3.01. The van der Waals surface area contributed by atoms with Crippen molar-refractivity contribution in [2.24, 2.45) is 11.7 Å². The van der Waals surface area contributed by atoms with Gasteiger partial charge in [0, 0.05) is 10.9 Å². The van der Waals surface area contributed by atoms with E-state index in [1.807, 2.05) is 0 Å². The van der Waals surface area contributed by atoms with Crippen molar-refractivity contribution in [3.63, 3.8) is 0 Å². The van der Waals surface area contributed by atoms with Crippen LogP contribution in [0.4, 0.5) is 14.5 Å². The summed E-state index contributed by atoms with van der Waals surface area (Å²) in [6, 6.07) is 2.77. The van der Waals surface area contributed by atoms with E-state index in [1.165, 1.54) is 12.1 Å². The molecule has 3 N–H and O–H groups in total. The maximum Gasteiger partial charge on any atom is 0.387 e. The fourth-order valence-corrected chi connectivity index (χ4v) is 2.58. The van der Waals surface area contributed by atoms with Gasteiger partial charge in [-0.05, 0) is 47.4 Å². The van der Waals surface area contributed by atoms with Crippen molar-refractivity contribution in [2.75, 3.05) is 11.9 Å². The van der Waals surface area contributed by atoms with Crippen LogP contribution < -0.4 is 15.8 Å². The van der Waals surface area contributed by atoms with E-state index >= 15 is 0 Å². The van der Waals surface area contributed by atoms with Gasteiger partial charge in [-0.3, -0.25) is 4.79 Å². The van der Waals surface area contributed by atoms with Crippen LogP contribution in [-0.4, -0.2) is 19.1 Å². The average Bonchev–Trinajstić information content (AvgIpc) is 2.39. The highest BCUT2D eigenvalue weighted by Gasteiger charge is 2.19. The summed E-state index contributed by atoms with van der Waals surface area (Å²) in [7, 11) is 0. The molecule has 0 bridgehead atoms. The Morgan fingerprint density at radius 1 is 1.52 bits per heavy atom. The molecule has 0 saturated carbocycles. The zero-order valence-electron chi connectivity index (χ0n) is 11.3. The van der Waals surface area contributed by atoms with Crippen LogP contribution in [0.5, 0.6) is 5.75 Å².